The molecule has 1 atom stereocenters. The minimum Gasteiger partial charge on any atom is -0.491 e. The van der Waals surface area contributed by atoms with Crippen LogP contribution < -0.4 is 15.4 Å². The van der Waals surface area contributed by atoms with Gasteiger partial charge in [-0.15, -0.1) is 0 Å². The van der Waals surface area contributed by atoms with Gasteiger partial charge in [-0.1, -0.05) is 0 Å². The van der Waals surface area contributed by atoms with E-state index in [0.717, 1.165) is 18.6 Å². The van der Waals surface area contributed by atoms with Crippen molar-refractivity contribution in [3.63, 3.8) is 0 Å². The largest absolute Gasteiger partial charge is 0.491 e. The molecule has 0 aliphatic rings. The van der Waals surface area contributed by atoms with Crippen LogP contribution in [0.25, 0.3) is 0 Å². The fourth-order valence-electron chi connectivity index (χ4n) is 2.05. The molecule has 1 rings (SSSR count). The number of ether oxygens (including phenoxy) is 2. The highest BCUT2D eigenvalue weighted by molar-refractivity contribution is 5.79. The molecule has 0 spiro atoms. The summed E-state index contributed by atoms with van der Waals surface area (Å²) in [5.74, 6) is 0.828. The molecule has 1 aromatic rings. The van der Waals surface area contributed by atoms with Crippen LogP contribution in [0.1, 0.15) is 25.8 Å². The Balaban J connectivity index is 2.39. The van der Waals surface area contributed by atoms with E-state index in [1.54, 1.807) is 0 Å². The molecular formula is C18H28F3N3O3. The molecule has 0 bridgehead atoms. The Hall–Kier alpha value is -2.00. The minimum absolute atomic E-state index is 0.0708. The number of aliphatic hydroxyl groups is 1. The summed E-state index contributed by atoms with van der Waals surface area (Å²) in [4.78, 5) is 4.26. The second kappa shape index (κ2) is 12.4. The molecule has 0 aromatic heterocycles. The van der Waals surface area contributed by atoms with E-state index in [0.29, 0.717) is 32.3 Å². The molecule has 154 valence electrons. The monoisotopic (exact) mass is 391 g/mol. The zero-order chi connectivity index (χ0) is 20.1. The predicted molar refractivity (Wildman–Crippen MR) is 98.0 cm³/mol. The highest BCUT2D eigenvalue weighted by Crippen LogP contribution is 2.30. The average molecular weight is 391 g/mol. The van der Waals surface area contributed by atoms with Gasteiger partial charge >= 0.3 is 6.18 Å². The van der Waals surface area contributed by atoms with Crippen molar-refractivity contribution in [3.8, 4) is 5.75 Å². The minimum atomic E-state index is -4.38. The van der Waals surface area contributed by atoms with Crippen LogP contribution in [0.3, 0.4) is 0 Å². The lowest BCUT2D eigenvalue weighted by atomic mass is 10.2. The number of aliphatic imine (C=N–C) groups is 1. The summed E-state index contributed by atoms with van der Waals surface area (Å²) >= 11 is 0. The molecule has 3 N–H and O–H groups in total. The van der Waals surface area contributed by atoms with Gasteiger partial charge in [-0.2, -0.15) is 13.2 Å². The number of halogens is 3. The third kappa shape index (κ3) is 10.0. The van der Waals surface area contributed by atoms with Crippen molar-refractivity contribution in [1.29, 1.82) is 0 Å². The topological polar surface area (TPSA) is 75.1 Å². The van der Waals surface area contributed by atoms with E-state index in [9.17, 15) is 18.3 Å². The summed E-state index contributed by atoms with van der Waals surface area (Å²) in [5.41, 5.74) is -0.745. The number of benzene rings is 1. The van der Waals surface area contributed by atoms with Gasteiger partial charge in [-0.05, 0) is 44.5 Å². The van der Waals surface area contributed by atoms with Gasteiger partial charge in [0.2, 0.25) is 0 Å². The zero-order valence-corrected chi connectivity index (χ0v) is 15.7. The van der Waals surface area contributed by atoms with E-state index < -0.39 is 17.8 Å². The number of rotatable bonds is 11. The van der Waals surface area contributed by atoms with Crippen LogP contribution in [-0.2, 0) is 10.9 Å². The molecule has 0 radical (unpaired) electrons. The number of nitrogens with one attached hydrogen (secondary N) is 2. The first kappa shape index (κ1) is 23.0. The van der Waals surface area contributed by atoms with E-state index >= 15 is 0 Å². The maximum Gasteiger partial charge on any atom is 0.416 e. The fraction of sp³-hybridized carbons (Fsp3) is 0.611. The molecule has 0 aliphatic carbocycles. The molecule has 27 heavy (non-hydrogen) atoms. The van der Waals surface area contributed by atoms with Crippen LogP contribution in [0.15, 0.2) is 29.3 Å². The van der Waals surface area contributed by atoms with Crippen LogP contribution in [0, 0.1) is 0 Å². The standard InChI is InChI=1S/C18H28F3N3O3/c1-3-22-17(23-10-5-11-26-4-2)24-12-15(25)13-27-16-8-6-14(7-9-16)18(19,20)21/h6-9,15,25H,3-5,10-13H2,1-2H3,(H2,22,23,24). The van der Waals surface area contributed by atoms with E-state index in [1.807, 2.05) is 13.8 Å². The number of aliphatic hydroxyl groups excluding tert-OH is 1. The van der Waals surface area contributed by atoms with Gasteiger partial charge in [0.05, 0.1) is 12.1 Å². The van der Waals surface area contributed by atoms with E-state index in [4.69, 9.17) is 9.47 Å². The molecule has 6 nitrogen and oxygen atoms in total. The van der Waals surface area contributed by atoms with Gasteiger partial charge in [0, 0.05) is 26.3 Å². The molecular weight excluding hydrogens is 363 g/mol. The smallest absolute Gasteiger partial charge is 0.416 e. The summed E-state index contributed by atoms with van der Waals surface area (Å²) < 4.78 is 48.1. The number of hydrogen-bond acceptors (Lipinski definition) is 4. The van der Waals surface area contributed by atoms with Crippen LogP contribution in [0.2, 0.25) is 0 Å². The number of guanidine groups is 1. The quantitative estimate of drug-likeness (QED) is 0.307. The lowest BCUT2D eigenvalue weighted by molar-refractivity contribution is -0.137. The second-order valence-corrected chi connectivity index (χ2v) is 5.68. The number of alkyl halides is 3. The van der Waals surface area contributed by atoms with Gasteiger partial charge in [0.25, 0.3) is 0 Å². The molecule has 0 saturated carbocycles. The maximum atomic E-state index is 12.5. The van der Waals surface area contributed by atoms with Crippen molar-refractivity contribution in [1.82, 2.24) is 10.6 Å². The molecule has 1 unspecified atom stereocenters. The number of hydrogen-bond donors (Lipinski definition) is 3. The summed E-state index contributed by atoms with van der Waals surface area (Å²) in [6.45, 7) is 6.60. The lowest BCUT2D eigenvalue weighted by Crippen LogP contribution is -2.39. The van der Waals surface area contributed by atoms with Crippen molar-refractivity contribution in [2.75, 3.05) is 39.5 Å². The van der Waals surface area contributed by atoms with Gasteiger partial charge in [0.15, 0.2) is 5.96 Å². The molecule has 0 aliphatic heterocycles. The van der Waals surface area contributed by atoms with Crippen molar-refractivity contribution >= 4 is 5.96 Å². The molecule has 0 heterocycles. The first-order chi connectivity index (χ1) is 12.9. The second-order valence-electron chi connectivity index (χ2n) is 5.68. The first-order valence-corrected chi connectivity index (χ1v) is 8.94. The summed E-state index contributed by atoms with van der Waals surface area (Å²) in [7, 11) is 0. The van der Waals surface area contributed by atoms with Crippen LogP contribution in [-0.4, -0.2) is 56.6 Å². The highest BCUT2D eigenvalue weighted by atomic mass is 19.4. The van der Waals surface area contributed by atoms with Gasteiger partial charge in [-0.3, -0.25) is 4.99 Å². The molecule has 9 heteroatoms. The van der Waals surface area contributed by atoms with Crippen LogP contribution >= 0.6 is 0 Å². The lowest BCUT2D eigenvalue weighted by Gasteiger charge is -2.14. The Labute approximate surface area is 157 Å². The molecule has 1 aromatic carbocycles. The Morgan fingerprint density at radius 2 is 1.89 bits per heavy atom. The Morgan fingerprint density at radius 3 is 2.48 bits per heavy atom. The normalized spacial score (nSPS) is 13.3. The molecule has 0 saturated heterocycles. The van der Waals surface area contributed by atoms with Crippen molar-refractivity contribution in [2.45, 2.75) is 32.5 Å². The summed E-state index contributed by atoms with van der Waals surface area (Å²) in [5, 5.41) is 16.2. The van der Waals surface area contributed by atoms with Crippen LogP contribution in [0.5, 0.6) is 5.75 Å². The van der Waals surface area contributed by atoms with Crippen molar-refractivity contribution < 1.29 is 27.8 Å². The summed E-state index contributed by atoms with van der Waals surface area (Å²) in [6, 6.07) is 4.33. The SMILES string of the molecule is CCNC(=NCC(O)COc1ccc(C(F)(F)F)cc1)NCCCOCC. The predicted octanol–water partition coefficient (Wildman–Crippen LogP) is 2.43. The highest BCUT2D eigenvalue weighted by Gasteiger charge is 2.30. The van der Waals surface area contributed by atoms with Gasteiger partial charge in [0.1, 0.15) is 18.5 Å². The Bertz CT molecular complexity index is 551. The maximum absolute atomic E-state index is 12.5. The molecule has 0 fully saturated rings. The Kier molecular flexibility index (Phi) is 10.6. The van der Waals surface area contributed by atoms with E-state index in [-0.39, 0.29) is 18.9 Å². The zero-order valence-electron chi connectivity index (χ0n) is 15.7. The molecule has 0 amide bonds. The van der Waals surface area contributed by atoms with Gasteiger partial charge in [-0.25, -0.2) is 0 Å². The van der Waals surface area contributed by atoms with Crippen molar-refractivity contribution in [2.24, 2.45) is 4.99 Å². The van der Waals surface area contributed by atoms with Gasteiger partial charge < -0.3 is 25.2 Å². The third-order valence-electron chi connectivity index (χ3n) is 3.39. The van der Waals surface area contributed by atoms with E-state index in [2.05, 4.69) is 15.6 Å². The first-order valence-electron chi connectivity index (χ1n) is 8.94. The van der Waals surface area contributed by atoms with Crippen LogP contribution in [0.4, 0.5) is 13.2 Å². The fourth-order valence-corrected chi connectivity index (χ4v) is 2.05. The van der Waals surface area contributed by atoms with Crippen molar-refractivity contribution in [3.05, 3.63) is 29.8 Å². The Morgan fingerprint density at radius 1 is 1.19 bits per heavy atom. The van der Waals surface area contributed by atoms with E-state index in [1.165, 1.54) is 12.1 Å². The summed E-state index contributed by atoms with van der Waals surface area (Å²) in [6.07, 6.45) is -4.44. The third-order valence-corrected chi connectivity index (χ3v) is 3.39. The number of nitrogens with zero attached hydrogens (tertiary/aromatic N) is 1. The average Bonchev–Trinajstić information content (AvgIpc) is 2.63.